The van der Waals surface area contributed by atoms with Crippen LogP contribution >= 0.6 is 11.3 Å². The van der Waals surface area contributed by atoms with Crippen LogP contribution in [0, 0.1) is 0 Å². The number of nitrogens with two attached hydrogens (primary N) is 1. The van der Waals surface area contributed by atoms with Crippen molar-refractivity contribution in [1.29, 1.82) is 0 Å². The number of likely N-dealkylation sites (N-methyl/N-ethyl adjacent to an activating group) is 1. The van der Waals surface area contributed by atoms with E-state index < -0.39 is 5.91 Å². The van der Waals surface area contributed by atoms with Gasteiger partial charge in [-0.3, -0.25) is 4.79 Å². The van der Waals surface area contributed by atoms with E-state index in [9.17, 15) is 4.79 Å². The van der Waals surface area contributed by atoms with E-state index in [2.05, 4.69) is 26.8 Å². The number of fused-ring (bicyclic) bond motifs is 2. The number of rotatable bonds is 5. The Hall–Kier alpha value is -3.46. The third kappa shape index (κ3) is 2.99. The van der Waals surface area contributed by atoms with Crippen LogP contribution in [0.4, 0.5) is 11.5 Å². The van der Waals surface area contributed by atoms with Crippen molar-refractivity contribution in [1.82, 2.24) is 19.7 Å². The predicted octanol–water partition coefficient (Wildman–Crippen LogP) is 2.58. The van der Waals surface area contributed by atoms with Crippen molar-refractivity contribution in [3.8, 4) is 5.95 Å². The molecule has 0 spiro atoms. The van der Waals surface area contributed by atoms with E-state index in [0.29, 0.717) is 23.4 Å². The summed E-state index contributed by atoms with van der Waals surface area (Å²) in [5.74, 6) is 0.780. The Bertz CT molecular complexity index is 1220. The molecule has 0 aliphatic carbocycles. The lowest BCUT2D eigenvalue weighted by atomic mass is 10.1. The fourth-order valence-corrected chi connectivity index (χ4v) is 4.32. The fourth-order valence-electron chi connectivity index (χ4n) is 3.68. The van der Waals surface area contributed by atoms with Crippen LogP contribution in [0.1, 0.15) is 20.9 Å². The minimum Gasteiger partial charge on any atom is -0.370 e. The summed E-state index contributed by atoms with van der Waals surface area (Å²) in [6, 6.07) is 9.50. The minimum atomic E-state index is -0.482. The summed E-state index contributed by atoms with van der Waals surface area (Å²) in [4.78, 5) is 24.7. The molecule has 1 aliphatic heterocycles. The molecule has 1 aromatic carbocycles. The summed E-state index contributed by atoms with van der Waals surface area (Å²) in [6.07, 6.45) is 2.48. The molecule has 8 nitrogen and oxygen atoms in total. The molecule has 5 rings (SSSR count). The molecule has 0 fully saturated rings. The van der Waals surface area contributed by atoms with Gasteiger partial charge in [0.1, 0.15) is 5.69 Å². The van der Waals surface area contributed by atoms with E-state index in [0.717, 1.165) is 35.7 Å². The first-order valence-electron chi connectivity index (χ1n) is 9.27. The lowest BCUT2D eigenvalue weighted by Crippen LogP contribution is -2.16. The molecule has 0 saturated carbocycles. The Morgan fingerprint density at radius 1 is 1.28 bits per heavy atom. The summed E-state index contributed by atoms with van der Waals surface area (Å²) in [6.45, 7) is 1.59. The topological polar surface area (TPSA) is 102 Å². The number of carbonyl (C=O) groups is 1. The third-order valence-corrected chi connectivity index (χ3v) is 5.97. The van der Waals surface area contributed by atoms with E-state index in [-0.39, 0.29) is 0 Å². The first-order valence-corrected chi connectivity index (χ1v) is 10.1. The van der Waals surface area contributed by atoms with E-state index >= 15 is 0 Å². The number of aromatic nitrogens is 4. The molecule has 3 N–H and O–H groups in total. The normalized spacial score (nSPS) is 13.1. The van der Waals surface area contributed by atoms with Crippen molar-refractivity contribution >= 4 is 39.7 Å². The molecule has 9 heteroatoms. The maximum Gasteiger partial charge on any atom is 0.253 e. The maximum absolute atomic E-state index is 11.7. The molecule has 3 aromatic heterocycles. The summed E-state index contributed by atoms with van der Waals surface area (Å²) in [5.41, 5.74) is 8.70. The highest BCUT2D eigenvalue weighted by Crippen LogP contribution is 2.33. The third-order valence-electron chi connectivity index (χ3n) is 5.09. The predicted molar refractivity (Wildman–Crippen MR) is 114 cm³/mol. The van der Waals surface area contributed by atoms with E-state index in [1.165, 1.54) is 4.88 Å². The summed E-state index contributed by atoms with van der Waals surface area (Å²) in [7, 11) is 2.05. The van der Waals surface area contributed by atoms with Crippen LogP contribution < -0.4 is 16.0 Å². The second-order valence-electron chi connectivity index (χ2n) is 6.93. The van der Waals surface area contributed by atoms with Gasteiger partial charge in [-0.25, -0.2) is 4.98 Å². The Labute approximate surface area is 171 Å². The van der Waals surface area contributed by atoms with Gasteiger partial charge in [0, 0.05) is 30.3 Å². The van der Waals surface area contributed by atoms with Gasteiger partial charge in [0.05, 0.1) is 29.5 Å². The molecule has 1 amide bonds. The van der Waals surface area contributed by atoms with Crippen LogP contribution in [0.15, 0.2) is 41.9 Å². The number of nitrogens with zero attached hydrogens (tertiary/aromatic N) is 5. The second-order valence-corrected chi connectivity index (χ2v) is 7.96. The van der Waals surface area contributed by atoms with Crippen LogP contribution in [0.3, 0.4) is 0 Å². The van der Waals surface area contributed by atoms with Crippen LogP contribution in [-0.2, 0) is 13.0 Å². The van der Waals surface area contributed by atoms with Gasteiger partial charge in [0.15, 0.2) is 5.82 Å². The number of hydrogen-bond donors (Lipinski definition) is 2. The zero-order valence-electron chi connectivity index (χ0n) is 15.8. The van der Waals surface area contributed by atoms with Gasteiger partial charge >= 0.3 is 0 Å². The van der Waals surface area contributed by atoms with Crippen LogP contribution in [0.25, 0.3) is 16.9 Å². The van der Waals surface area contributed by atoms with Crippen LogP contribution in [0.5, 0.6) is 0 Å². The second kappa shape index (κ2) is 6.85. The van der Waals surface area contributed by atoms with Gasteiger partial charge in [-0.1, -0.05) is 12.1 Å². The van der Waals surface area contributed by atoms with Crippen molar-refractivity contribution in [2.24, 2.45) is 5.73 Å². The van der Waals surface area contributed by atoms with Crippen LogP contribution in [0.2, 0.25) is 0 Å². The SMILES string of the molecule is CN1CCc2nc(-n3ncc4c(C(N)=O)cccc43)nc(NCc3cccs3)c21. The molecule has 4 heterocycles. The average Bonchev–Trinajstić information content (AvgIpc) is 3.45. The highest BCUT2D eigenvalue weighted by atomic mass is 32.1. The number of nitrogens with one attached hydrogen (secondary N) is 1. The first-order chi connectivity index (χ1) is 14.1. The van der Waals surface area contributed by atoms with Crippen molar-refractivity contribution in [3.63, 3.8) is 0 Å². The van der Waals surface area contributed by atoms with Gasteiger partial charge in [0.2, 0.25) is 5.91 Å². The number of benzene rings is 1. The lowest BCUT2D eigenvalue weighted by molar-refractivity contribution is 0.100. The molecule has 0 saturated heterocycles. The highest BCUT2D eigenvalue weighted by Gasteiger charge is 2.25. The highest BCUT2D eigenvalue weighted by molar-refractivity contribution is 7.09. The number of primary amides is 1. The van der Waals surface area contributed by atoms with Gasteiger partial charge in [0.25, 0.3) is 5.95 Å². The van der Waals surface area contributed by atoms with Crippen molar-refractivity contribution in [2.75, 3.05) is 23.8 Å². The molecule has 29 heavy (non-hydrogen) atoms. The molecule has 0 bridgehead atoms. The number of hydrogen-bond acceptors (Lipinski definition) is 7. The molecule has 0 atom stereocenters. The Morgan fingerprint density at radius 2 is 2.17 bits per heavy atom. The van der Waals surface area contributed by atoms with Gasteiger partial charge in [-0.15, -0.1) is 11.3 Å². The Balaban J connectivity index is 1.61. The zero-order chi connectivity index (χ0) is 20.0. The van der Waals surface area contributed by atoms with E-state index in [1.807, 2.05) is 19.2 Å². The number of anilines is 2. The summed E-state index contributed by atoms with van der Waals surface area (Å²) in [5, 5.41) is 10.7. The van der Waals surface area contributed by atoms with Gasteiger partial charge in [-0.05, 0) is 23.6 Å². The molecule has 0 unspecified atom stereocenters. The van der Waals surface area contributed by atoms with Crippen molar-refractivity contribution < 1.29 is 4.79 Å². The maximum atomic E-state index is 11.7. The smallest absolute Gasteiger partial charge is 0.253 e. The van der Waals surface area contributed by atoms with Gasteiger partial charge < -0.3 is 16.0 Å². The standard InChI is InChI=1S/C20H19N7OS/c1-26-8-7-15-17(26)19(22-10-12-4-3-9-29-12)25-20(24-15)27-16-6-2-5-13(18(21)28)14(16)11-23-27/h2-6,9,11H,7-8,10H2,1H3,(H2,21,28)(H,22,24,25). The van der Waals surface area contributed by atoms with E-state index in [1.54, 1.807) is 34.3 Å². The first kappa shape index (κ1) is 17.6. The summed E-state index contributed by atoms with van der Waals surface area (Å²) >= 11 is 1.70. The lowest BCUT2D eigenvalue weighted by Gasteiger charge is -2.17. The number of carbonyl (C=O) groups excluding carboxylic acids is 1. The fraction of sp³-hybridized carbons (Fsp3) is 0.200. The quantitative estimate of drug-likeness (QED) is 0.529. The molecule has 4 aromatic rings. The zero-order valence-corrected chi connectivity index (χ0v) is 16.6. The minimum absolute atomic E-state index is 0.436. The van der Waals surface area contributed by atoms with E-state index in [4.69, 9.17) is 15.7 Å². The van der Waals surface area contributed by atoms with Crippen molar-refractivity contribution in [3.05, 3.63) is 58.0 Å². The molecule has 146 valence electrons. The average molecular weight is 405 g/mol. The van der Waals surface area contributed by atoms with Crippen molar-refractivity contribution in [2.45, 2.75) is 13.0 Å². The number of thiophene rings is 1. The largest absolute Gasteiger partial charge is 0.370 e. The van der Waals surface area contributed by atoms with Gasteiger partial charge in [-0.2, -0.15) is 14.8 Å². The summed E-state index contributed by atoms with van der Waals surface area (Å²) < 4.78 is 1.66. The number of amides is 1. The molecular formula is C20H19N7OS. The Kier molecular flexibility index (Phi) is 4.17. The molecule has 0 radical (unpaired) electrons. The van der Waals surface area contributed by atoms with Crippen LogP contribution in [-0.4, -0.2) is 39.2 Å². The monoisotopic (exact) mass is 405 g/mol. The Morgan fingerprint density at radius 3 is 2.97 bits per heavy atom. The molecular weight excluding hydrogens is 386 g/mol. The molecule has 1 aliphatic rings.